The summed E-state index contributed by atoms with van der Waals surface area (Å²) in [6.07, 6.45) is 0.740. The molecule has 2 aromatic carbocycles. The maximum absolute atomic E-state index is 12.0. The fourth-order valence-electron chi connectivity index (χ4n) is 2.21. The van der Waals surface area contributed by atoms with E-state index in [0.717, 1.165) is 12.0 Å². The predicted molar refractivity (Wildman–Crippen MR) is 96.7 cm³/mol. The van der Waals surface area contributed by atoms with E-state index < -0.39 is 5.91 Å². The van der Waals surface area contributed by atoms with Gasteiger partial charge in [-0.3, -0.25) is 9.59 Å². The quantitative estimate of drug-likeness (QED) is 0.825. The van der Waals surface area contributed by atoms with Crippen LogP contribution in [0.15, 0.2) is 42.5 Å². The topological polar surface area (TPSA) is 58.2 Å². The Morgan fingerprint density at radius 1 is 1.04 bits per heavy atom. The molecule has 0 spiro atoms. The van der Waals surface area contributed by atoms with Gasteiger partial charge in [0.25, 0.3) is 5.91 Å². The molecule has 0 aliphatic rings. The molecule has 0 saturated heterocycles. The highest BCUT2D eigenvalue weighted by molar-refractivity contribution is 6.36. The second kappa shape index (κ2) is 8.71. The minimum atomic E-state index is -0.412. The third-order valence-electron chi connectivity index (χ3n) is 3.40. The number of benzene rings is 2. The lowest BCUT2D eigenvalue weighted by Gasteiger charge is -2.08. The van der Waals surface area contributed by atoms with Crippen LogP contribution < -0.4 is 10.6 Å². The van der Waals surface area contributed by atoms with Crippen molar-refractivity contribution in [3.63, 3.8) is 0 Å². The molecule has 0 aliphatic heterocycles. The summed E-state index contributed by atoms with van der Waals surface area (Å²) in [6, 6.07) is 12.7. The van der Waals surface area contributed by atoms with Crippen molar-refractivity contribution in [3.8, 4) is 0 Å². The summed E-state index contributed by atoms with van der Waals surface area (Å²) in [5, 5.41) is 6.01. The first-order valence-electron chi connectivity index (χ1n) is 7.51. The summed E-state index contributed by atoms with van der Waals surface area (Å²) in [4.78, 5) is 23.8. The molecule has 2 rings (SSSR count). The number of carbonyl (C=O) groups excluding carboxylic acids is 2. The van der Waals surface area contributed by atoms with Crippen LogP contribution in [0, 0.1) is 6.92 Å². The van der Waals surface area contributed by atoms with Gasteiger partial charge in [0.2, 0.25) is 5.91 Å². The number of hydrogen-bond donors (Lipinski definition) is 2. The van der Waals surface area contributed by atoms with Gasteiger partial charge in [-0.15, -0.1) is 0 Å². The van der Waals surface area contributed by atoms with Gasteiger partial charge in [0.1, 0.15) is 0 Å². The van der Waals surface area contributed by atoms with Crippen LogP contribution in [0.2, 0.25) is 10.0 Å². The molecule has 0 atom stereocenters. The monoisotopic (exact) mass is 364 g/mol. The first kappa shape index (κ1) is 18.3. The number of aryl methyl sites for hydroxylation is 1. The fourth-order valence-corrected chi connectivity index (χ4v) is 2.70. The van der Waals surface area contributed by atoms with Crippen molar-refractivity contribution >= 4 is 35.0 Å². The number of halogens is 2. The lowest BCUT2D eigenvalue weighted by molar-refractivity contribution is -0.120. The van der Waals surface area contributed by atoms with Crippen molar-refractivity contribution in [3.05, 3.63) is 69.2 Å². The second-order valence-electron chi connectivity index (χ2n) is 5.40. The van der Waals surface area contributed by atoms with Crippen molar-refractivity contribution in [1.82, 2.24) is 10.6 Å². The van der Waals surface area contributed by atoms with Gasteiger partial charge in [-0.2, -0.15) is 0 Å². The summed E-state index contributed by atoms with van der Waals surface area (Å²) in [7, 11) is 0. The van der Waals surface area contributed by atoms with E-state index in [1.165, 1.54) is 17.7 Å². The van der Waals surface area contributed by atoms with Gasteiger partial charge in [-0.1, -0.05) is 53.0 Å². The van der Waals surface area contributed by atoms with Crippen LogP contribution in [0.1, 0.15) is 21.5 Å². The van der Waals surface area contributed by atoms with Crippen molar-refractivity contribution in [2.45, 2.75) is 13.3 Å². The van der Waals surface area contributed by atoms with Crippen molar-refractivity contribution in [2.24, 2.45) is 0 Å². The lowest BCUT2D eigenvalue weighted by atomic mass is 10.1. The second-order valence-corrected chi connectivity index (χ2v) is 6.24. The third kappa shape index (κ3) is 5.55. The van der Waals surface area contributed by atoms with Gasteiger partial charge in [-0.05, 0) is 37.1 Å². The number of hydrogen-bond acceptors (Lipinski definition) is 2. The molecule has 0 radical (unpaired) electrons. The molecule has 0 saturated carbocycles. The number of nitrogens with one attached hydrogen (secondary N) is 2. The molecular formula is C18H18Cl2N2O2. The smallest absolute Gasteiger partial charge is 0.253 e. The zero-order chi connectivity index (χ0) is 17.5. The Morgan fingerprint density at radius 3 is 2.54 bits per heavy atom. The van der Waals surface area contributed by atoms with Crippen LogP contribution in [0.3, 0.4) is 0 Å². The van der Waals surface area contributed by atoms with E-state index in [1.54, 1.807) is 6.07 Å². The maximum Gasteiger partial charge on any atom is 0.253 e. The Morgan fingerprint density at radius 2 is 1.83 bits per heavy atom. The van der Waals surface area contributed by atoms with E-state index in [4.69, 9.17) is 23.2 Å². The van der Waals surface area contributed by atoms with Gasteiger partial charge in [0.15, 0.2) is 0 Å². The molecule has 0 unspecified atom stereocenters. The SMILES string of the molecule is Cc1cccc(CCNC(=O)CNC(=O)c2ccc(Cl)cc2Cl)c1. The molecule has 126 valence electrons. The Bertz CT molecular complexity index is 748. The standard InChI is InChI=1S/C18H18Cl2N2O2/c1-12-3-2-4-13(9-12)7-8-21-17(23)11-22-18(24)15-6-5-14(19)10-16(15)20/h2-6,9-10H,7-8,11H2,1H3,(H,21,23)(H,22,24). The molecular weight excluding hydrogens is 347 g/mol. The summed E-state index contributed by atoms with van der Waals surface area (Å²) < 4.78 is 0. The average Bonchev–Trinajstić information content (AvgIpc) is 2.53. The molecule has 0 fully saturated rings. The van der Waals surface area contributed by atoms with Crippen molar-refractivity contribution in [2.75, 3.05) is 13.1 Å². The van der Waals surface area contributed by atoms with Crippen LogP contribution >= 0.6 is 23.2 Å². The van der Waals surface area contributed by atoms with Crippen LogP contribution in [0.4, 0.5) is 0 Å². The summed E-state index contributed by atoms with van der Waals surface area (Å²) in [5.74, 6) is -0.661. The predicted octanol–water partition coefficient (Wildman–Crippen LogP) is 3.39. The summed E-state index contributed by atoms with van der Waals surface area (Å²) in [5.41, 5.74) is 2.63. The van der Waals surface area contributed by atoms with Gasteiger partial charge in [0, 0.05) is 11.6 Å². The van der Waals surface area contributed by atoms with Crippen molar-refractivity contribution in [1.29, 1.82) is 0 Å². The van der Waals surface area contributed by atoms with Crippen molar-refractivity contribution < 1.29 is 9.59 Å². The minimum absolute atomic E-state index is 0.106. The molecule has 24 heavy (non-hydrogen) atoms. The van der Waals surface area contributed by atoms with Gasteiger partial charge in [-0.25, -0.2) is 0 Å². The molecule has 0 bridgehead atoms. The highest BCUT2D eigenvalue weighted by Crippen LogP contribution is 2.20. The van der Waals surface area contributed by atoms with E-state index in [-0.39, 0.29) is 23.0 Å². The lowest BCUT2D eigenvalue weighted by Crippen LogP contribution is -2.37. The van der Waals surface area contributed by atoms with Crippen LogP contribution in [-0.4, -0.2) is 24.9 Å². The molecule has 2 N–H and O–H groups in total. The van der Waals surface area contributed by atoms with Gasteiger partial charge in [0.05, 0.1) is 17.1 Å². The normalized spacial score (nSPS) is 10.3. The first-order valence-corrected chi connectivity index (χ1v) is 8.27. The maximum atomic E-state index is 12.0. The van der Waals surface area contributed by atoms with Crippen LogP contribution in [0.25, 0.3) is 0 Å². The van der Waals surface area contributed by atoms with E-state index in [1.807, 2.05) is 25.1 Å². The molecule has 4 nitrogen and oxygen atoms in total. The Hall–Kier alpha value is -2.04. The molecule has 2 amide bonds. The van der Waals surface area contributed by atoms with E-state index >= 15 is 0 Å². The Labute approximate surface area is 151 Å². The summed E-state index contributed by atoms with van der Waals surface area (Å²) in [6.45, 7) is 2.44. The van der Waals surface area contributed by atoms with Gasteiger partial charge < -0.3 is 10.6 Å². The Balaban J connectivity index is 1.75. The number of carbonyl (C=O) groups is 2. The van der Waals surface area contributed by atoms with E-state index in [2.05, 4.69) is 16.7 Å². The third-order valence-corrected chi connectivity index (χ3v) is 3.95. The molecule has 0 aromatic heterocycles. The molecule has 6 heteroatoms. The number of rotatable bonds is 6. The van der Waals surface area contributed by atoms with E-state index in [0.29, 0.717) is 11.6 Å². The number of amides is 2. The summed E-state index contributed by atoms with van der Waals surface area (Å²) >= 11 is 11.7. The molecule has 2 aromatic rings. The van der Waals surface area contributed by atoms with Crippen LogP contribution in [0.5, 0.6) is 0 Å². The average molecular weight is 365 g/mol. The van der Waals surface area contributed by atoms with Crippen LogP contribution in [-0.2, 0) is 11.2 Å². The zero-order valence-corrected chi connectivity index (χ0v) is 14.7. The largest absolute Gasteiger partial charge is 0.354 e. The van der Waals surface area contributed by atoms with E-state index in [9.17, 15) is 9.59 Å². The Kier molecular flexibility index (Phi) is 6.64. The first-order chi connectivity index (χ1) is 11.5. The minimum Gasteiger partial charge on any atom is -0.354 e. The molecule has 0 heterocycles. The highest BCUT2D eigenvalue weighted by Gasteiger charge is 2.11. The van der Waals surface area contributed by atoms with Gasteiger partial charge >= 0.3 is 0 Å². The zero-order valence-electron chi connectivity index (χ0n) is 13.2. The fraction of sp³-hybridized carbons (Fsp3) is 0.222. The highest BCUT2D eigenvalue weighted by atomic mass is 35.5. The molecule has 0 aliphatic carbocycles.